The Morgan fingerprint density at radius 1 is 0.319 bits per heavy atom. The first-order valence-electron chi connectivity index (χ1n) is 23.4. The molecule has 6 heteroatoms. The molecule has 0 bridgehead atoms. The van der Waals surface area contributed by atoms with Gasteiger partial charge in [0, 0.05) is 65.3 Å². The number of nitrogens with zero attached hydrogens (tertiary/aromatic N) is 5. The van der Waals surface area contributed by atoms with Crippen molar-refractivity contribution in [1.29, 1.82) is 0 Å². The minimum absolute atomic E-state index is 0.539. The first-order chi connectivity index (χ1) is 34.2. The van der Waals surface area contributed by atoms with Gasteiger partial charge in [-0.05, 0) is 64.7 Å². The Morgan fingerprint density at radius 3 is 1.74 bits per heavy atom. The molecule has 15 aromatic rings. The summed E-state index contributed by atoms with van der Waals surface area (Å²) < 4.78 is 12.0. The van der Waals surface area contributed by atoms with Gasteiger partial charge in [0.25, 0.3) is 0 Å². The lowest BCUT2D eigenvalue weighted by Crippen LogP contribution is -2.00. The molecule has 0 unspecified atom stereocenters. The summed E-state index contributed by atoms with van der Waals surface area (Å²) in [7, 11) is 0. The second-order valence-electron chi connectivity index (χ2n) is 17.9. The lowest BCUT2D eigenvalue weighted by atomic mass is 10.0. The zero-order valence-corrected chi connectivity index (χ0v) is 37.0. The second kappa shape index (κ2) is 14.6. The Balaban J connectivity index is 1.00. The van der Waals surface area contributed by atoms with E-state index in [-0.39, 0.29) is 0 Å². The van der Waals surface area contributed by atoms with Crippen molar-refractivity contribution in [3.63, 3.8) is 0 Å². The Kier molecular flexibility index (Phi) is 7.97. The van der Waals surface area contributed by atoms with E-state index in [0.29, 0.717) is 17.5 Å². The highest BCUT2D eigenvalue weighted by Gasteiger charge is 2.24. The molecule has 0 aliphatic carbocycles. The molecule has 11 aromatic carbocycles. The van der Waals surface area contributed by atoms with Crippen LogP contribution in [0.25, 0.3) is 143 Å². The zero-order valence-electron chi connectivity index (χ0n) is 37.0. The van der Waals surface area contributed by atoms with Crippen molar-refractivity contribution in [2.75, 3.05) is 0 Å². The summed E-state index contributed by atoms with van der Waals surface area (Å²) in [6, 6.07) is 79.7. The van der Waals surface area contributed by atoms with Crippen LogP contribution in [0.3, 0.4) is 0 Å². The molecule has 4 aromatic heterocycles. The SMILES string of the molecule is c1ccc(-c2nc(-c3cccc4c3oc3c5ccccc5c(-n5c6cc7ccccc7cc6c6ccc7ccccc7c65)cc43)nc(-c3cccc4c3c3ccccc3n4-c3ccccc3)n2)cc1. The summed E-state index contributed by atoms with van der Waals surface area (Å²) in [6.45, 7) is 0. The van der Waals surface area contributed by atoms with Crippen LogP contribution in [0, 0.1) is 0 Å². The predicted molar refractivity (Wildman–Crippen MR) is 285 cm³/mol. The van der Waals surface area contributed by atoms with Gasteiger partial charge in [-0.3, -0.25) is 0 Å². The van der Waals surface area contributed by atoms with Crippen LogP contribution in [0.2, 0.25) is 0 Å². The summed E-state index contributed by atoms with van der Waals surface area (Å²) in [4.78, 5) is 15.9. The summed E-state index contributed by atoms with van der Waals surface area (Å²) >= 11 is 0. The fourth-order valence-corrected chi connectivity index (χ4v) is 11.1. The highest BCUT2D eigenvalue weighted by Crippen LogP contribution is 2.45. The maximum Gasteiger partial charge on any atom is 0.167 e. The highest BCUT2D eigenvalue weighted by atomic mass is 16.3. The van der Waals surface area contributed by atoms with E-state index in [2.05, 4.69) is 215 Å². The summed E-state index contributed by atoms with van der Waals surface area (Å²) in [6.07, 6.45) is 0. The van der Waals surface area contributed by atoms with Crippen molar-refractivity contribution >= 4 is 97.9 Å². The summed E-state index contributed by atoms with van der Waals surface area (Å²) in [5, 5.41) is 13.6. The number of hydrogen-bond donors (Lipinski definition) is 0. The topological polar surface area (TPSA) is 61.7 Å². The van der Waals surface area contributed by atoms with Crippen LogP contribution in [0.15, 0.2) is 229 Å². The van der Waals surface area contributed by atoms with Crippen LogP contribution in [0.4, 0.5) is 0 Å². The van der Waals surface area contributed by atoms with E-state index in [4.69, 9.17) is 19.4 Å². The van der Waals surface area contributed by atoms with Gasteiger partial charge in [0.05, 0.1) is 33.3 Å². The smallest absolute Gasteiger partial charge is 0.167 e. The Morgan fingerprint density at radius 2 is 0.913 bits per heavy atom. The molecule has 0 spiro atoms. The van der Waals surface area contributed by atoms with Crippen molar-refractivity contribution in [2.45, 2.75) is 0 Å². The van der Waals surface area contributed by atoms with Crippen molar-refractivity contribution in [3.05, 3.63) is 224 Å². The quantitative estimate of drug-likeness (QED) is 0.173. The maximum absolute atomic E-state index is 7.18. The van der Waals surface area contributed by atoms with Crippen molar-refractivity contribution in [1.82, 2.24) is 24.1 Å². The normalized spacial score (nSPS) is 12.1. The number of aromatic nitrogens is 5. The van der Waals surface area contributed by atoms with Gasteiger partial charge in [-0.25, -0.2) is 15.0 Å². The number of rotatable bonds is 5. The number of benzene rings is 11. The van der Waals surface area contributed by atoms with Crippen LogP contribution < -0.4 is 0 Å². The third-order valence-corrected chi connectivity index (χ3v) is 14.1. The van der Waals surface area contributed by atoms with E-state index >= 15 is 0 Å². The molecule has 0 N–H and O–H groups in total. The summed E-state index contributed by atoms with van der Waals surface area (Å²) in [5.74, 6) is 1.72. The molecule has 4 heterocycles. The van der Waals surface area contributed by atoms with Crippen LogP contribution in [0.5, 0.6) is 0 Å². The molecule has 0 saturated carbocycles. The molecular weight excluding hydrogens is 843 g/mol. The van der Waals surface area contributed by atoms with E-state index in [1.54, 1.807) is 0 Å². The molecule has 69 heavy (non-hydrogen) atoms. The van der Waals surface area contributed by atoms with Crippen molar-refractivity contribution in [2.24, 2.45) is 0 Å². The van der Waals surface area contributed by atoms with Crippen LogP contribution in [-0.2, 0) is 0 Å². The van der Waals surface area contributed by atoms with Gasteiger partial charge < -0.3 is 13.6 Å². The van der Waals surface area contributed by atoms with E-state index in [0.717, 1.165) is 88.1 Å². The first kappa shape index (κ1) is 37.8. The van der Waals surface area contributed by atoms with Gasteiger partial charge in [-0.15, -0.1) is 0 Å². The number of para-hydroxylation sites is 3. The third-order valence-electron chi connectivity index (χ3n) is 14.1. The molecule has 15 rings (SSSR count). The predicted octanol–water partition coefficient (Wildman–Crippen LogP) is 16.4. The number of hydrogen-bond acceptors (Lipinski definition) is 4. The molecule has 0 fully saturated rings. The number of furan rings is 1. The zero-order chi connectivity index (χ0) is 45.2. The van der Waals surface area contributed by atoms with E-state index in [1.165, 1.54) is 37.8 Å². The van der Waals surface area contributed by atoms with E-state index in [1.807, 2.05) is 18.2 Å². The molecule has 0 aliphatic heterocycles. The molecule has 0 radical (unpaired) electrons. The molecule has 0 aliphatic rings. The molecule has 6 nitrogen and oxygen atoms in total. The first-order valence-corrected chi connectivity index (χ1v) is 23.4. The van der Waals surface area contributed by atoms with E-state index in [9.17, 15) is 0 Å². The van der Waals surface area contributed by atoms with Crippen molar-refractivity contribution in [3.8, 4) is 45.5 Å². The lowest BCUT2D eigenvalue weighted by molar-refractivity contribution is 0.673. The average Bonchev–Trinajstić information content (AvgIpc) is 4.08. The molecule has 0 atom stereocenters. The average molecular weight is 880 g/mol. The Hall–Kier alpha value is -9.39. The maximum atomic E-state index is 7.18. The van der Waals surface area contributed by atoms with Gasteiger partial charge in [-0.1, -0.05) is 176 Å². The monoisotopic (exact) mass is 879 g/mol. The minimum atomic E-state index is 0.539. The van der Waals surface area contributed by atoms with Crippen LogP contribution in [0.1, 0.15) is 0 Å². The Labute approximate surface area is 394 Å². The molecule has 0 saturated heterocycles. The van der Waals surface area contributed by atoms with Crippen molar-refractivity contribution < 1.29 is 4.42 Å². The standard InChI is InChI=1S/C63H37N5O/c1-3-18-39(19-4-1)61-64-62(49-29-16-32-54-57(49)48-27-13-14-31-53(48)67(54)42-22-5-2-6-23-42)66-63(65-61)50-30-15-28-47-52-37-56(44-25-11-12-26-46(44)60(52)69-59(47)50)68-55-36-41-21-8-7-20-40(41)35-51(55)45-34-33-38-17-9-10-24-43(38)58(45)68/h1-37H. The molecule has 0 amide bonds. The van der Waals surface area contributed by atoms with Gasteiger partial charge >= 0.3 is 0 Å². The molecule has 320 valence electrons. The largest absolute Gasteiger partial charge is 0.455 e. The van der Waals surface area contributed by atoms with Gasteiger partial charge in [-0.2, -0.15) is 0 Å². The minimum Gasteiger partial charge on any atom is -0.455 e. The number of fused-ring (bicyclic) bond motifs is 14. The second-order valence-corrected chi connectivity index (χ2v) is 17.9. The lowest BCUT2D eigenvalue weighted by Gasteiger charge is -2.14. The fourth-order valence-electron chi connectivity index (χ4n) is 11.1. The van der Waals surface area contributed by atoms with Gasteiger partial charge in [0.2, 0.25) is 0 Å². The highest BCUT2D eigenvalue weighted by molar-refractivity contribution is 6.24. The third kappa shape index (κ3) is 5.57. The molecular formula is C63H37N5O. The van der Waals surface area contributed by atoms with Crippen LogP contribution in [-0.4, -0.2) is 24.1 Å². The van der Waals surface area contributed by atoms with Gasteiger partial charge in [0.1, 0.15) is 11.2 Å². The fraction of sp³-hybridized carbons (Fsp3) is 0. The van der Waals surface area contributed by atoms with E-state index < -0.39 is 0 Å². The Bertz CT molecular complexity index is 4600. The summed E-state index contributed by atoms with van der Waals surface area (Å²) in [5.41, 5.74) is 10.9. The van der Waals surface area contributed by atoms with Gasteiger partial charge in [0.15, 0.2) is 17.5 Å². The van der Waals surface area contributed by atoms with Crippen LogP contribution >= 0.6 is 0 Å².